The van der Waals surface area contributed by atoms with Crippen molar-refractivity contribution in [3.05, 3.63) is 12.2 Å². The smallest absolute Gasteiger partial charge is 0.224 e. The summed E-state index contributed by atoms with van der Waals surface area (Å²) in [6.45, 7) is 1.73. The Kier molecular flexibility index (Phi) is 2.45. The van der Waals surface area contributed by atoms with Crippen LogP contribution in [0.5, 0.6) is 0 Å². The van der Waals surface area contributed by atoms with Crippen molar-refractivity contribution in [2.24, 2.45) is 11.7 Å². The molecule has 0 aliphatic carbocycles. The monoisotopic (exact) mass is 140 g/mol. The molecule has 1 aliphatic heterocycles. The average Bonchev–Trinajstić information content (AvgIpc) is 2.12. The number of carbonyl (C=O) groups excluding carboxylic acids is 1. The molecule has 0 bridgehead atoms. The fraction of sp³-hybridized carbons (Fsp3) is 0.571. The number of carbonyl (C=O) groups is 1. The summed E-state index contributed by atoms with van der Waals surface area (Å²) in [5.74, 6) is -0.282. The van der Waals surface area contributed by atoms with E-state index in [2.05, 4.69) is 5.32 Å². The van der Waals surface area contributed by atoms with E-state index in [0.717, 1.165) is 19.5 Å². The summed E-state index contributed by atoms with van der Waals surface area (Å²) in [7, 11) is 0. The van der Waals surface area contributed by atoms with Crippen molar-refractivity contribution in [3.63, 3.8) is 0 Å². The van der Waals surface area contributed by atoms with Crippen LogP contribution in [0.2, 0.25) is 0 Å². The Bertz CT molecular complexity index is 154. The first-order valence-electron chi connectivity index (χ1n) is 3.47. The van der Waals surface area contributed by atoms with Crippen LogP contribution in [-0.2, 0) is 4.79 Å². The van der Waals surface area contributed by atoms with Gasteiger partial charge in [0, 0.05) is 6.54 Å². The van der Waals surface area contributed by atoms with E-state index in [9.17, 15) is 4.79 Å². The molecule has 0 spiro atoms. The molecule has 0 fully saturated rings. The van der Waals surface area contributed by atoms with Gasteiger partial charge in [0.1, 0.15) is 0 Å². The highest BCUT2D eigenvalue weighted by molar-refractivity contribution is 5.78. The van der Waals surface area contributed by atoms with Gasteiger partial charge in [0.25, 0.3) is 0 Å². The van der Waals surface area contributed by atoms with E-state index in [1.807, 2.05) is 12.2 Å². The van der Waals surface area contributed by atoms with E-state index in [1.165, 1.54) is 0 Å². The van der Waals surface area contributed by atoms with Crippen LogP contribution >= 0.6 is 0 Å². The lowest BCUT2D eigenvalue weighted by atomic mass is 10.1. The molecule has 56 valence electrons. The van der Waals surface area contributed by atoms with Gasteiger partial charge >= 0.3 is 0 Å². The van der Waals surface area contributed by atoms with Gasteiger partial charge in [0.2, 0.25) is 5.91 Å². The molecule has 0 radical (unpaired) electrons. The summed E-state index contributed by atoms with van der Waals surface area (Å²) in [6.07, 6.45) is 4.65. The number of rotatable bonds is 1. The van der Waals surface area contributed by atoms with Crippen molar-refractivity contribution < 1.29 is 4.79 Å². The van der Waals surface area contributed by atoms with Crippen molar-refractivity contribution >= 4 is 5.91 Å². The summed E-state index contributed by atoms with van der Waals surface area (Å²) < 4.78 is 0. The Morgan fingerprint density at radius 3 is 3.20 bits per heavy atom. The van der Waals surface area contributed by atoms with Crippen LogP contribution in [0.4, 0.5) is 0 Å². The molecule has 1 heterocycles. The van der Waals surface area contributed by atoms with E-state index >= 15 is 0 Å². The predicted molar refractivity (Wildman–Crippen MR) is 39.3 cm³/mol. The van der Waals surface area contributed by atoms with Gasteiger partial charge in [-0.05, 0) is 13.0 Å². The Labute approximate surface area is 60.3 Å². The van der Waals surface area contributed by atoms with E-state index in [-0.39, 0.29) is 11.8 Å². The molecule has 1 atom stereocenters. The zero-order chi connectivity index (χ0) is 7.40. The second-order valence-corrected chi connectivity index (χ2v) is 2.43. The summed E-state index contributed by atoms with van der Waals surface area (Å²) in [4.78, 5) is 10.7. The van der Waals surface area contributed by atoms with Gasteiger partial charge in [-0.1, -0.05) is 12.2 Å². The van der Waals surface area contributed by atoms with Crippen molar-refractivity contribution in [1.82, 2.24) is 5.32 Å². The standard InChI is InChI=1S/C7H12N2O/c8-7(10)6-2-1-4-9-5-3-6/h1-2,6,9H,3-5H2,(H2,8,10). The Hall–Kier alpha value is -0.830. The maximum Gasteiger partial charge on any atom is 0.224 e. The molecule has 0 aromatic rings. The van der Waals surface area contributed by atoms with E-state index in [0.29, 0.717) is 0 Å². The van der Waals surface area contributed by atoms with Gasteiger partial charge in [-0.3, -0.25) is 4.79 Å². The largest absolute Gasteiger partial charge is 0.369 e. The summed E-state index contributed by atoms with van der Waals surface area (Å²) in [5.41, 5.74) is 5.12. The molecular weight excluding hydrogens is 128 g/mol. The molecule has 1 rings (SSSR count). The maximum atomic E-state index is 10.7. The minimum absolute atomic E-state index is 0.0602. The molecule has 3 heteroatoms. The second kappa shape index (κ2) is 3.37. The zero-order valence-corrected chi connectivity index (χ0v) is 5.84. The maximum absolute atomic E-state index is 10.7. The predicted octanol–water partition coefficient (Wildman–Crippen LogP) is -0.363. The third-order valence-corrected chi connectivity index (χ3v) is 1.63. The van der Waals surface area contributed by atoms with Crippen LogP contribution < -0.4 is 11.1 Å². The first-order chi connectivity index (χ1) is 4.80. The number of hydrogen-bond donors (Lipinski definition) is 2. The number of nitrogens with one attached hydrogen (secondary N) is 1. The van der Waals surface area contributed by atoms with Gasteiger partial charge in [-0.2, -0.15) is 0 Å². The van der Waals surface area contributed by atoms with E-state index < -0.39 is 0 Å². The van der Waals surface area contributed by atoms with E-state index in [4.69, 9.17) is 5.73 Å². The van der Waals surface area contributed by atoms with Gasteiger partial charge in [-0.15, -0.1) is 0 Å². The molecule has 0 aromatic heterocycles. The number of nitrogens with two attached hydrogens (primary N) is 1. The highest BCUT2D eigenvalue weighted by atomic mass is 16.1. The quantitative estimate of drug-likeness (QED) is 0.488. The molecule has 1 amide bonds. The minimum atomic E-state index is -0.222. The van der Waals surface area contributed by atoms with Crippen molar-refractivity contribution in [3.8, 4) is 0 Å². The van der Waals surface area contributed by atoms with Gasteiger partial charge in [-0.25, -0.2) is 0 Å². The lowest BCUT2D eigenvalue weighted by Crippen LogP contribution is -2.23. The Balaban J connectivity index is 2.49. The number of primary amides is 1. The summed E-state index contributed by atoms with van der Waals surface area (Å²) in [6, 6.07) is 0. The van der Waals surface area contributed by atoms with E-state index in [1.54, 1.807) is 0 Å². The molecule has 3 N–H and O–H groups in total. The number of hydrogen-bond acceptors (Lipinski definition) is 2. The minimum Gasteiger partial charge on any atom is -0.369 e. The third-order valence-electron chi connectivity index (χ3n) is 1.63. The fourth-order valence-corrected chi connectivity index (χ4v) is 1.01. The van der Waals surface area contributed by atoms with Crippen molar-refractivity contribution in [1.29, 1.82) is 0 Å². The molecule has 3 nitrogen and oxygen atoms in total. The SMILES string of the molecule is NC(=O)C1C=CCNCC1. The normalized spacial score (nSPS) is 25.8. The molecule has 1 aliphatic rings. The third kappa shape index (κ3) is 1.84. The van der Waals surface area contributed by atoms with Crippen molar-refractivity contribution in [2.75, 3.05) is 13.1 Å². The molecule has 1 unspecified atom stereocenters. The Morgan fingerprint density at radius 1 is 1.70 bits per heavy atom. The first-order valence-corrected chi connectivity index (χ1v) is 3.47. The van der Waals surface area contributed by atoms with Gasteiger partial charge in [0.15, 0.2) is 0 Å². The van der Waals surface area contributed by atoms with Crippen LogP contribution in [0, 0.1) is 5.92 Å². The molecule has 0 aromatic carbocycles. The van der Waals surface area contributed by atoms with Gasteiger partial charge in [0.05, 0.1) is 5.92 Å². The number of amides is 1. The van der Waals surface area contributed by atoms with Gasteiger partial charge < -0.3 is 11.1 Å². The lowest BCUT2D eigenvalue weighted by Gasteiger charge is -2.03. The molecule has 10 heavy (non-hydrogen) atoms. The average molecular weight is 140 g/mol. The van der Waals surface area contributed by atoms with Crippen molar-refractivity contribution in [2.45, 2.75) is 6.42 Å². The first kappa shape index (κ1) is 7.28. The van der Waals surface area contributed by atoms with Crippen LogP contribution in [0.1, 0.15) is 6.42 Å². The highest BCUT2D eigenvalue weighted by Crippen LogP contribution is 2.04. The van der Waals surface area contributed by atoms with Crippen LogP contribution in [0.15, 0.2) is 12.2 Å². The topological polar surface area (TPSA) is 55.1 Å². The Morgan fingerprint density at radius 2 is 2.50 bits per heavy atom. The molecule has 0 saturated carbocycles. The highest BCUT2D eigenvalue weighted by Gasteiger charge is 2.11. The molecular formula is C7H12N2O. The van der Waals surface area contributed by atoms with Crippen LogP contribution in [0.3, 0.4) is 0 Å². The second-order valence-electron chi connectivity index (χ2n) is 2.43. The fourth-order valence-electron chi connectivity index (χ4n) is 1.01. The van der Waals surface area contributed by atoms with Crippen LogP contribution in [-0.4, -0.2) is 19.0 Å². The summed E-state index contributed by atoms with van der Waals surface area (Å²) in [5, 5.41) is 3.14. The summed E-state index contributed by atoms with van der Waals surface area (Å²) >= 11 is 0. The van der Waals surface area contributed by atoms with Crippen LogP contribution in [0.25, 0.3) is 0 Å². The lowest BCUT2D eigenvalue weighted by molar-refractivity contribution is -0.120. The zero-order valence-electron chi connectivity index (χ0n) is 5.84. The molecule has 0 saturated heterocycles.